The van der Waals surface area contributed by atoms with Crippen LogP contribution in [-0.2, 0) is 11.3 Å². The number of amides is 2. The fourth-order valence-corrected chi connectivity index (χ4v) is 2.29. The summed E-state index contributed by atoms with van der Waals surface area (Å²) >= 11 is 0. The molecule has 0 fully saturated rings. The van der Waals surface area contributed by atoms with Crippen LogP contribution < -0.4 is 15.4 Å². The van der Waals surface area contributed by atoms with Crippen LogP contribution in [0.1, 0.15) is 30.0 Å². The van der Waals surface area contributed by atoms with Crippen LogP contribution in [-0.4, -0.2) is 24.5 Å². The fraction of sp³-hybridized carbons (Fsp3) is 0.333. The topological polar surface area (TPSA) is 80.6 Å². The summed E-state index contributed by atoms with van der Waals surface area (Å²) in [5, 5.41) is 5.31. The third-order valence-corrected chi connectivity index (χ3v) is 3.57. The fourth-order valence-electron chi connectivity index (χ4n) is 2.29. The molecule has 2 N–H and O–H groups in total. The zero-order chi connectivity index (χ0) is 19.1. The van der Waals surface area contributed by atoms with Crippen molar-refractivity contribution < 1.29 is 27.5 Å². The smallest absolute Gasteiger partial charge is 0.387 e. The monoisotopic (exact) mass is 366 g/mol. The second kappa shape index (κ2) is 8.98. The van der Waals surface area contributed by atoms with Crippen LogP contribution in [0.15, 0.2) is 47.1 Å². The first-order chi connectivity index (χ1) is 12.4. The van der Waals surface area contributed by atoms with Gasteiger partial charge in [0.25, 0.3) is 5.91 Å². The van der Waals surface area contributed by atoms with Crippen LogP contribution in [0.25, 0.3) is 0 Å². The molecule has 0 unspecified atom stereocenters. The van der Waals surface area contributed by atoms with Gasteiger partial charge in [-0.15, -0.1) is 0 Å². The predicted octanol–water partition coefficient (Wildman–Crippen LogP) is 2.95. The molecule has 2 aromatic rings. The van der Waals surface area contributed by atoms with Crippen molar-refractivity contribution in [2.24, 2.45) is 5.92 Å². The molecule has 0 aliphatic rings. The van der Waals surface area contributed by atoms with Gasteiger partial charge in [-0.25, -0.2) is 0 Å². The summed E-state index contributed by atoms with van der Waals surface area (Å²) in [6, 6.07) is 8.35. The van der Waals surface area contributed by atoms with E-state index in [4.69, 9.17) is 4.42 Å². The van der Waals surface area contributed by atoms with E-state index in [1.54, 1.807) is 32.0 Å². The third-order valence-electron chi connectivity index (χ3n) is 3.57. The normalized spacial score (nSPS) is 12.1. The molecular formula is C18H20F2N2O4. The van der Waals surface area contributed by atoms with Gasteiger partial charge in [0, 0.05) is 6.54 Å². The second-order valence-corrected chi connectivity index (χ2v) is 5.92. The number of nitrogens with one attached hydrogen (secondary N) is 2. The number of hydrogen-bond donors (Lipinski definition) is 2. The lowest BCUT2D eigenvalue weighted by Gasteiger charge is -2.21. The Morgan fingerprint density at radius 1 is 1.19 bits per heavy atom. The quantitative estimate of drug-likeness (QED) is 0.753. The van der Waals surface area contributed by atoms with Gasteiger partial charge in [0.2, 0.25) is 5.91 Å². The van der Waals surface area contributed by atoms with E-state index in [1.165, 1.54) is 24.5 Å². The number of alkyl halides is 2. The first kappa shape index (κ1) is 19.4. The molecule has 0 saturated carbocycles. The molecule has 8 heteroatoms. The minimum atomic E-state index is -2.91. The molecule has 26 heavy (non-hydrogen) atoms. The average molecular weight is 366 g/mol. The van der Waals surface area contributed by atoms with Crippen molar-refractivity contribution in [2.45, 2.75) is 33.0 Å². The van der Waals surface area contributed by atoms with Gasteiger partial charge in [-0.2, -0.15) is 8.78 Å². The number of ether oxygens (including phenoxy) is 1. The molecule has 0 saturated heterocycles. The molecule has 1 heterocycles. The Morgan fingerprint density at radius 2 is 1.96 bits per heavy atom. The Hall–Kier alpha value is -2.90. The van der Waals surface area contributed by atoms with Gasteiger partial charge in [0.1, 0.15) is 11.8 Å². The van der Waals surface area contributed by atoms with Crippen molar-refractivity contribution in [3.63, 3.8) is 0 Å². The molecule has 1 aromatic heterocycles. The summed E-state index contributed by atoms with van der Waals surface area (Å²) in [5.41, 5.74) is 0.594. The first-order valence-corrected chi connectivity index (χ1v) is 8.02. The molecule has 2 rings (SSSR count). The van der Waals surface area contributed by atoms with Gasteiger partial charge in [0.15, 0.2) is 5.76 Å². The molecule has 1 aromatic carbocycles. The lowest BCUT2D eigenvalue weighted by atomic mass is 10.0. The number of hydrogen-bond acceptors (Lipinski definition) is 4. The standard InChI is InChI=1S/C18H20F2N2O4/c1-11(2)15(22-16(23)14-7-4-8-25-14)17(24)21-10-12-5-3-6-13(9-12)26-18(19)20/h3-9,11,15,18H,10H2,1-2H3,(H,21,24)(H,22,23)/t15-/m0/s1. The van der Waals surface area contributed by atoms with Crippen LogP contribution in [0.2, 0.25) is 0 Å². The molecule has 0 spiro atoms. The van der Waals surface area contributed by atoms with Crippen molar-refractivity contribution >= 4 is 11.8 Å². The summed E-state index contributed by atoms with van der Waals surface area (Å²) in [6.45, 7) is 0.786. The maximum atomic E-state index is 12.4. The van der Waals surface area contributed by atoms with E-state index in [0.717, 1.165) is 0 Å². The minimum absolute atomic E-state index is 0.0123. The summed E-state index contributed by atoms with van der Waals surface area (Å²) in [7, 11) is 0. The van der Waals surface area contributed by atoms with Gasteiger partial charge < -0.3 is 19.8 Å². The van der Waals surface area contributed by atoms with E-state index < -0.39 is 18.6 Å². The van der Waals surface area contributed by atoms with Gasteiger partial charge in [-0.3, -0.25) is 9.59 Å². The number of carbonyl (C=O) groups is 2. The molecule has 0 aliphatic carbocycles. The van der Waals surface area contributed by atoms with E-state index in [1.807, 2.05) is 0 Å². The summed E-state index contributed by atoms with van der Waals surface area (Å²) in [5.74, 6) is -0.919. The van der Waals surface area contributed by atoms with Crippen LogP contribution >= 0.6 is 0 Å². The van der Waals surface area contributed by atoms with Gasteiger partial charge in [-0.1, -0.05) is 26.0 Å². The highest BCUT2D eigenvalue weighted by Crippen LogP contribution is 2.16. The van der Waals surface area contributed by atoms with Crippen LogP contribution in [0.5, 0.6) is 5.75 Å². The number of benzene rings is 1. The minimum Gasteiger partial charge on any atom is -0.459 e. The van der Waals surface area contributed by atoms with Crippen molar-refractivity contribution in [2.75, 3.05) is 0 Å². The van der Waals surface area contributed by atoms with Crippen LogP contribution in [0.3, 0.4) is 0 Å². The summed E-state index contributed by atoms with van der Waals surface area (Å²) < 4.78 is 33.9. The molecular weight excluding hydrogens is 346 g/mol. The highest BCUT2D eigenvalue weighted by atomic mass is 19.3. The highest BCUT2D eigenvalue weighted by molar-refractivity contribution is 5.95. The number of furan rings is 1. The van der Waals surface area contributed by atoms with Crippen LogP contribution in [0.4, 0.5) is 8.78 Å². The summed E-state index contributed by atoms with van der Waals surface area (Å²) in [4.78, 5) is 24.5. The van der Waals surface area contributed by atoms with Crippen molar-refractivity contribution in [3.8, 4) is 5.75 Å². The van der Waals surface area contributed by atoms with Crippen LogP contribution in [0, 0.1) is 5.92 Å². The van der Waals surface area contributed by atoms with E-state index in [0.29, 0.717) is 5.56 Å². The molecule has 1 atom stereocenters. The zero-order valence-electron chi connectivity index (χ0n) is 14.4. The van der Waals surface area contributed by atoms with E-state index in [2.05, 4.69) is 15.4 Å². The average Bonchev–Trinajstić information content (AvgIpc) is 3.11. The second-order valence-electron chi connectivity index (χ2n) is 5.92. The summed E-state index contributed by atoms with van der Waals surface area (Å²) in [6.07, 6.45) is 1.37. The van der Waals surface area contributed by atoms with Crippen molar-refractivity contribution in [3.05, 3.63) is 54.0 Å². The Kier molecular flexibility index (Phi) is 6.71. The van der Waals surface area contributed by atoms with E-state index in [9.17, 15) is 18.4 Å². The largest absolute Gasteiger partial charge is 0.459 e. The Morgan fingerprint density at radius 3 is 2.58 bits per heavy atom. The zero-order valence-corrected chi connectivity index (χ0v) is 14.4. The van der Waals surface area contributed by atoms with E-state index in [-0.39, 0.29) is 29.9 Å². The lowest BCUT2D eigenvalue weighted by molar-refractivity contribution is -0.124. The molecule has 0 radical (unpaired) electrons. The van der Waals surface area contributed by atoms with Gasteiger partial charge in [-0.05, 0) is 35.7 Å². The van der Waals surface area contributed by atoms with Gasteiger partial charge in [0.05, 0.1) is 6.26 Å². The highest BCUT2D eigenvalue weighted by Gasteiger charge is 2.25. The maximum Gasteiger partial charge on any atom is 0.387 e. The van der Waals surface area contributed by atoms with Crippen molar-refractivity contribution in [1.29, 1.82) is 0 Å². The number of carbonyl (C=O) groups excluding carboxylic acids is 2. The molecule has 0 aliphatic heterocycles. The van der Waals surface area contributed by atoms with E-state index >= 15 is 0 Å². The maximum absolute atomic E-state index is 12.4. The third kappa shape index (κ3) is 5.58. The first-order valence-electron chi connectivity index (χ1n) is 8.02. The van der Waals surface area contributed by atoms with Crippen molar-refractivity contribution in [1.82, 2.24) is 10.6 Å². The molecule has 140 valence electrons. The lowest BCUT2D eigenvalue weighted by Crippen LogP contribution is -2.49. The predicted molar refractivity (Wildman–Crippen MR) is 89.7 cm³/mol. The SMILES string of the molecule is CC(C)[C@H](NC(=O)c1ccco1)C(=O)NCc1cccc(OC(F)F)c1. The number of rotatable bonds is 8. The Labute approximate surface area is 149 Å². The molecule has 2 amide bonds. The number of halogens is 2. The molecule has 6 nitrogen and oxygen atoms in total. The molecule has 0 bridgehead atoms. The van der Waals surface area contributed by atoms with Gasteiger partial charge >= 0.3 is 6.61 Å². The Bertz CT molecular complexity index is 733. The Balaban J connectivity index is 1.96.